The van der Waals surface area contributed by atoms with E-state index < -0.39 is 21.7 Å². The summed E-state index contributed by atoms with van der Waals surface area (Å²) in [7, 11) is -3.71. The van der Waals surface area contributed by atoms with Crippen LogP contribution < -0.4 is 10.0 Å². The van der Waals surface area contributed by atoms with E-state index in [-0.39, 0.29) is 22.0 Å². The van der Waals surface area contributed by atoms with Crippen molar-refractivity contribution in [1.82, 2.24) is 14.9 Å². The Kier molecular flexibility index (Phi) is 5.83. The lowest BCUT2D eigenvalue weighted by atomic mass is 10.1. The van der Waals surface area contributed by atoms with Crippen molar-refractivity contribution < 1.29 is 17.6 Å². The van der Waals surface area contributed by atoms with Crippen molar-refractivity contribution in [3.8, 4) is 5.69 Å². The summed E-state index contributed by atoms with van der Waals surface area (Å²) >= 11 is 1.10. The van der Waals surface area contributed by atoms with Crippen LogP contribution in [0.3, 0.4) is 0 Å². The van der Waals surface area contributed by atoms with Gasteiger partial charge in [0.25, 0.3) is 15.9 Å². The van der Waals surface area contributed by atoms with Gasteiger partial charge in [0.15, 0.2) is 0 Å². The van der Waals surface area contributed by atoms with Gasteiger partial charge in [0, 0.05) is 30.2 Å². The lowest BCUT2D eigenvalue weighted by Crippen LogP contribution is -2.23. The van der Waals surface area contributed by atoms with Gasteiger partial charge in [-0.3, -0.25) is 9.52 Å². The molecule has 10 heteroatoms. The van der Waals surface area contributed by atoms with Crippen LogP contribution in [-0.2, 0) is 16.6 Å². The maximum absolute atomic E-state index is 14.4. The van der Waals surface area contributed by atoms with Gasteiger partial charge in [-0.25, -0.2) is 17.8 Å². The summed E-state index contributed by atoms with van der Waals surface area (Å²) in [4.78, 5) is 16.4. The van der Waals surface area contributed by atoms with Crippen LogP contribution in [0, 0.1) is 5.82 Å². The van der Waals surface area contributed by atoms with Gasteiger partial charge in [0.05, 0.1) is 12.0 Å². The zero-order chi connectivity index (χ0) is 21.8. The van der Waals surface area contributed by atoms with Crippen molar-refractivity contribution in [2.75, 3.05) is 4.72 Å². The van der Waals surface area contributed by atoms with E-state index in [0.717, 1.165) is 11.3 Å². The molecule has 0 saturated heterocycles. The third-order valence-corrected chi connectivity index (χ3v) is 7.16. The highest BCUT2D eigenvalue weighted by Crippen LogP contribution is 2.21. The molecule has 4 rings (SSSR count). The van der Waals surface area contributed by atoms with E-state index in [1.54, 1.807) is 58.7 Å². The number of carbonyl (C=O) groups excluding carboxylic acids is 1. The van der Waals surface area contributed by atoms with Crippen LogP contribution in [0.5, 0.6) is 0 Å². The number of nitrogens with one attached hydrogen (secondary N) is 2. The Morgan fingerprint density at radius 1 is 1.13 bits per heavy atom. The standard InChI is InChI=1S/C21H17FN4O3S2/c22-18-11-15(6-7-19(18)26-9-8-23-14-26)13-24-21(27)16-3-1-4-17(12-16)25-31(28,29)20-5-2-10-30-20/h1-12,14,25H,13H2,(H,24,27). The Bertz CT molecular complexity index is 1300. The van der Waals surface area contributed by atoms with Crippen LogP contribution in [0.1, 0.15) is 15.9 Å². The number of benzene rings is 2. The topological polar surface area (TPSA) is 93.1 Å². The van der Waals surface area contributed by atoms with Crippen LogP contribution in [0.4, 0.5) is 10.1 Å². The van der Waals surface area contributed by atoms with Gasteiger partial charge in [-0.1, -0.05) is 18.2 Å². The summed E-state index contributed by atoms with van der Waals surface area (Å²) in [6, 6.07) is 14.0. The SMILES string of the molecule is O=C(NCc1ccc(-n2ccnc2)c(F)c1)c1cccc(NS(=O)(=O)c2cccs2)c1. The van der Waals surface area contributed by atoms with E-state index in [2.05, 4.69) is 15.0 Å². The molecule has 4 aromatic rings. The summed E-state index contributed by atoms with van der Waals surface area (Å²) < 4.78 is 43.3. The van der Waals surface area contributed by atoms with Gasteiger partial charge < -0.3 is 9.88 Å². The second-order valence-electron chi connectivity index (χ2n) is 6.56. The fourth-order valence-corrected chi connectivity index (χ4v) is 4.94. The number of hydrogen-bond donors (Lipinski definition) is 2. The zero-order valence-electron chi connectivity index (χ0n) is 16.0. The largest absolute Gasteiger partial charge is 0.348 e. The quantitative estimate of drug-likeness (QED) is 0.442. The van der Waals surface area contributed by atoms with Crippen LogP contribution in [0.2, 0.25) is 0 Å². The van der Waals surface area contributed by atoms with Crippen LogP contribution in [0.15, 0.2) is 82.9 Å². The molecule has 0 spiro atoms. The number of aromatic nitrogens is 2. The monoisotopic (exact) mass is 456 g/mol. The van der Waals surface area contributed by atoms with Gasteiger partial charge in [-0.2, -0.15) is 0 Å². The van der Waals surface area contributed by atoms with Gasteiger partial charge in [-0.05, 0) is 47.3 Å². The smallest absolute Gasteiger partial charge is 0.271 e. The third kappa shape index (κ3) is 4.81. The molecule has 1 amide bonds. The average molecular weight is 457 g/mol. The molecule has 158 valence electrons. The van der Waals surface area contributed by atoms with E-state index >= 15 is 0 Å². The molecule has 2 aromatic heterocycles. The molecule has 0 radical (unpaired) electrons. The van der Waals surface area contributed by atoms with Crippen LogP contribution >= 0.6 is 11.3 Å². The lowest BCUT2D eigenvalue weighted by molar-refractivity contribution is 0.0951. The fraction of sp³-hybridized carbons (Fsp3) is 0.0476. The first-order chi connectivity index (χ1) is 14.9. The lowest BCUT2D eigenvalue weighted by Gasteiger charge is -2.10. The van der Waals surface area contributed by atoms with E-state index in [0.29, 0.717) is 11.3 Å². The summed E-state index contributed by atoms with van der Waals surface area (Å²) in [5.41, 5.74) is 1.50. The van der Waals surface area contributed by atoms with Crippen LogP contribution in [0.25, 0.3) is 5.69 Å². The number of carbonyl (C=O) groups is 1. The van der Waals surface area contributed by atoms with Gasteiger partial charge >= 0.3 is 0 Å². The summed E-state index contributed by atoms with van der Waals surface area (Å²) in [6.07, 6.45) is 4.70. The highest BCUT2D eigenvalue weighted by molar-refractivity contribution is 7.94. The number of hydrogen-bond acceptors (Lipinski definition) is 5. The maximum atomic E-state index is 14.4. The number of thiophene rings is 1. The second kappa shape index (κ2) is 8.70. The van der Waals surface area contributed by atoms with E-state index in [1.807, 2.05) is 0 Å². The van der Waals surface area contributed by atoms with Gasteiger partial charge in [-0.15, -0.1) is 11.3 Å². The highest BCUT2D eigenvalue weighted by atomic mass is 32.2. The third-order valence-electron chi connectivity index (χ3n) is 4.38. The first kappa shape index (κ1) is 20.8. The van der Waals surface area contributed by atoms with Crippen molar-refractivity contribution in [2.45, 2.75) is 10.8 Å². The molecule has 0 saturated carbocycles. The van der Waals surface area contributed by atoms with Gasteiger partial charge in [0.2, 0.25) is 0 Å². The van der Waals surface area contributed by atoms with Crippen molar-refractivity contribution in [1.29, 1.82) is 0 Å². The molecular formula is C21H17FN4O3S2. The van der Waals surface area contributed by atoms with Crippen molar-refractivity contribution in [3.05, 3.63) is 95.6 Å². The Hall–Kier alpha value is -3.50. The second-order valence-corrected chi connectivity index (χ2v) is 9.41. The van der Waals surface area contributed by atoms with Crippen molar-refractivity contribution in [2.24, 2.45) is 0 Å². The molecule has 0 unspecified atom stereocenters. The predicted octanol–water partition coefficient (Wildman–Crippen LogP) is 3.80. The molecule has 0 atom stereocenters. The number of rotatable bonds is 7. The molecule has 31 heavy (non-hydrogen) atoms. The molecule has 0 aliphatic carbocycles. The number of sulfonamides is 1. The molecule has 2 N–H and O–H groups in total. The Morgan fingerprint density at radius 2 is 2.00 bits per heavy atom. The number of halogens is 1. The first-order valence-corrected chi connectivity index (χ1v) is 11.5. The number of amides is 1. The summed E-state index contributed by atoms with van der Waals surface area (Å²) in [6.45, 7) is 0.116. The average Bonchev–Trinajstić information content (AvgIpc) is 3.46. The number of imidazole rings is 1. The summed E-state index contributed by atoms with van der Waals surface area (Å²) in [5, 5.41) is 4.38. The molecule has 2 aromatic carbocycles. The normalized spacial score (nSPS) is 11.3. The highest BCUT2D eigenvalue weighted by Gasteiger charge is 2.16. The van der Waals surface area contributed by atoms with Crippen molar-refractivity contribution in [3.63, 3.8) is 0 Å². The molecule has 0 bridgehead atoms. The number of nitrogens with zero attached hydrogens (tertiary/aromatic N) is 2. The molecule has 0 fully saturated rings. The Labute approximate surface area is 182 Å². The first-order valence-electron chi connectivity index (χ1n) is 9.14. The molecule has 7 nitrogen and oxygen atoms in total. The maximum Gasteiger partial charge on any atom is 0.271 e. The zero-order valence-corrected chi connectivity index (χ0v) is 17.7. The van der Waals surface area contributed by atoms with E-state index in [4.69, 9.17) is 0 Å². The minimum Gasteiger partial charge on any atom is -0.348 e. The minimum absolute atomic E-state index is 0.116. The minimum atomic E-state index is -3.71. The van der Waals surface area contributed by atoms with Gasteiger partial charge in [0.1, 0.15) is 10.0 Å². The molecular weight excluding hydrogens is 439 g/mol. The Balaban J connectivity index is 1.42. The Morgan fingerprint density at radius 3 is 2.71 bits per heavy atom. The predicted molar refractivity (Wildman–Crippen MR) is 116 cm³/mol. The van der Waals surface area contributed by atoms with Crippen molar-refractivity contribution >= 4 is 33.0 Å². The number of anilines is 1. The summed E-state index contributed by atoms with van der Waals surface area (Å²) in [5.74, 6) is -0.842. The molecule has 0 aliphatic rings. The van der Waals surface area contributed by atoms with Crippen LogP contribution in [-0.4, -0.2) is 23.9 Å². The molecule has 0 aliphatic heterocycles. The van der Waals surface area contributed by atoms with E-state index in [1.165, 1.54) is 24.5 Å². The fourth-order valence-electron chi connectivity index (χ4n) is 2.90. The molecule has 2 heterocycles. The van der Waals surface area contributed by atoms with E-state index in [9.17, 15) is 17.6 Å².